The Bertz CT molecular complexity index is 428. The zero-order valence-corrected chi connectivity index (χ0v) is 12.2. The van der Waals surface area contributed by atoms with Gasteiger partial charge in [0.2, 0.25) is 0 Å². The summed E-state index contributed by atoms with van der Waals surface area (Å²) >= 11 is 1.87. The Morgan fingerprint density at radius 3 is 3.00 bits per heavy atom. The first-order chi connectivity index (χ1) is 9.22. The third-order valence-corrected chi connectivity index (χ3v) is 4.56. The van der Waals surface area contributed by atoms with E-state index in [1.807, 2.05) is 25.7 Å². The summed E-state index contributed by atoms with van der Waals surface area (Å²) in [4.78, 5) is 11.8. The molecule has 1 aliphatic rings. The fourth-order valence-electron chi connectivity index (χ4n) is 2.05. The molecule has 0 unspecified atom stereocenters. The van der Waals surface area contributed by atoms with Gasteiger partial charge in [0.25, 0.3) is 0 Å². The largest absolute Gasteiger partial charge is 0.462 e. The van der Waals surface area contributed by atoms with Crippen LogP contribution in [0, 0.1) is 0 Å². The summed E-state index contributed by atoms with van der Waals surface area (Å²) in [5, 5.41) is 4.77. The Hall–Kier alpha value is -1.01. The molecular formula is C13H20N2O3S. The molecule has 106 valence electrons. The second-order valence-corrected chi connectivity index (χ2v) is 5.76. The number of aromatic nitrogens is 2. The van der Waals surface area contributed by atoms with Crippen LogP contribution in [-0.4, -0.2) is 40.8 Å². The number of hydrogen-bond acceptors (Lipinski definition) is 5. The highest BCUT2D eigenvalue weighted by atomic mass is 32.2. The van der Waals surface area contributed by atoms with Crippen LogP contribution in [0.5, 0.6) is 0 Å². The van der Waals surface area contributed by atoms with Crippen LogP contribution in [-0.2, 0) is 22.3 Å². The monoisotopic (exact) mass is 284 g/mol. The van der Waals surface area contributed by atoms with Crippen LogP contribution in [0.3, 0.4) is 0 Å². The number of hydrogen-bond donors (Lipinski definition) is 0. The maximum absolute atomic E-state index is 11.8. The third-order valence-electron chi connectivity index (χ3n) is 3.18. The van der Waals surface area contributed by atoms with Gasteiger partial charge in [-0.15, -0.1) is 0 Å². The molecule has 1 fully saturated rings. The molecule has 2 rings (SSSR count). The van der Waals surface area contributed by atoms with Crippen molar-refractivity contribution in [1.29, 1.82) is 0 Å². The molecule has 19 heavy (non-hydrogen) atoms. The van der Waals surface area contributed by atoms with E-state index in [-0.39, 0.29) is 5.97 Å². The van der Waals surface area contributed by atoms with E-state index in [0.29, 0.717) is 17.4 Å². The van der Waals surface area contributed by atoms with Crippen LogP contribution in [0.15, 0.2) is 6.20 Å². The zero-order chi connectivity index (χ0) is 13.7. The van der Waals surface area contributed by atoms with Crippen molar-refractivity contribution in [3.05, 3.63) is 17.5 Å². The van der Waals surface area contributed by atoms with Gasteiger partial charge in [-0.3, -0.25) is 4.68 Å². The lowest BCUT2D eigenvalue weighted by Gasteiger charge is -2.21. The van der Waals surface area contributed by atoms with E-state index in [4.69, 9.17) is 9.47 Å². The lowest BCUT2D eigenvalue weighted by atomic mass is 10.2. The zero-order valence-electron chi connectivity index (χ0n) is 11.4. The van der Waals surface area contributed by atoms with Crippen LogP contribution in [0.1, 0.15) is 35.8 Å². The number of aryl methyl sites for hydroxylation is 1. The predicted molar refractivity (Wildman–Crippen MR) is 74.3 cm³/mol. The summed E-state index contributed by atoms with van der Waals surface area (Å²) in [6.45, 7) is 3.88. The predicted octanol–water partition coefficient (Wildman–Crippen LogP) is 2.01. The molecule has 2 heterocycles. The van der Waals surface area contributed by atoms with Crippen LogP contribution in [0.4, 0.5) is 0 Å². The summed E-state index contributed by atoms with van der Waals surface area (Å²) in [7, 11) is 1.86. The van der Waals surface area contributed by atoms with Crippen LogP contribution >= 0.6 is 11.8 Å². The molecule has 0 atom stereocenters. The van der Waals surface area contributed by atoms with E-state index in [9.17, 15) is 4.79 Å². The maximum atomic E-state index is 11.8. The van der Waals surface area contributed by atoms with Gasteiger partial charge < -0.3 is 9.47 Å². The number of carbonyl (C=O) groups is 1. The van der Waals surface area contributed by atoms with Gasteiger partial charge in [0.15, 0.2) is 0 Å². The van der Waals surface area contributed by atoms with Crippen molar-refractivity contribution in [1.82, 2.24) is 9.78 Å². The molecular weight excluding hydrogens is 264 g/mol. The molecule has 1 aromatic heterocycles. The fourth-order valence-corrected chi connectivity index (χ4v) is 3.31. The van der Waals surface area contributed by atoms with Gasteiger partial charge in [0.05, 0.1) is 18.5 Å². The highest BCUT2D eigenvalue weighted by Gasteiger charge is 2.20. The number of carbonyl (C=O) groups excluding carboxylic acids is 1. The van der Waals surface area contributed by atoms with Crippen molar-refractivity contribution >= 4 is 17.7 Å². The molecule has 0 N–H and O–H groups in total. The minimum Gasteiger partial charge on any atom is -0.462 e. The summed E-state index contributed by atoms with van der Waals surface area (Å²) < 4.78 is 12.2. The molecule has 0 radical (unpaired) electrons. The highest BCUT2D eigenvalue weighted by Crippen LogP contribution is 2.26. The molecule has 5 nitrogen and oxygen atoms in total. The van der Waals surface area contributed by atoms with Gasteiger partial charge in [-0.05, 0) is 19.8 Å². The smallest absolute Gasteiger partial charge is 0.341 e. The van der Waals surface area contributed by atoms with Crippen molar-refractivity contribution in [2.45, 2.75) is 30.8 Å². The summed E-state index contributed by atoms with van der Waals surface area (Å²) in [6, 6.07) is 0. The maximum Gasteiger partial charge on any atom is 0.341 e. The van der Waals surface area contributed by atoms with Gasteiger partial charge in [-0.1, -0.05) is 0 Å². The Kier molecular flexibility index (Phi) is 5.27. The molecule has 1 saturated heterocycles. The lowest BCUT2D eigenvalue weighted by Crippen LogP contribution is -2.18. The first-order valence-electron chi connectivity index (χ1n) is 6.59. The standard InChI is InChI=1S/C13H20N2O3S/c1-3-18-13(16)11-8-14-15(2)12(11)9-19-10-4-6-17-7-5-10/h8,10H,3-7,9H2,1-2H3. The van der Waals surface area contributed by atoms with Crippen LogP contribution in [0.25, 0.3) is 0 Å². The normalized spacial score (nSPS) is 16.5. The Morgan fingerprint density at radius 2 is 2.32 bits per heavy atom. The molecule has 0 aromatic carbocycles. The average Bonchev–Trinajstić information content (AvgIpc) is 2.79. The van der Waals surface area contributed by atoms with E-state index in [1.165, 1.54) is 0 Å². The van der Waals surface area contributed by atoms with Gasteiger partial charge >= 0.3 is 5.97 Å². The van der Waals surface area contributed by atoms with Crippen LogP contribution < -0.4 is 0 Å². The van der Waals surface area contributed by atoms with Crippen molar-refractivity contribution in [2.24, 2.45) is 7.05 Å². The average molecular weight is 284 g/mol. The Morgan fingerprint density at radius 1 is 1.58 bits per heavy atom. The second-order valence-electron chi connectivity index (χ2n) is 4.47. The van der Waals surface area contributed by atoms with E-state index in [1.54, 1.807) is 10.9 Å². The number of thioether (sulfide) groups is 1. The van der Waals surface area contributed by atoms with Crippen molar-refractivity contribution in [3.8, 4) is 0 Å². The van der Waals surface area contributed by atoms with Crippen molar-refractivity contribution in [2.75, 3.05) is 19.8 Å². The number of ether oxygens (including phenoxy) is 2. The van der Waals surface area contributed by atoms with E-state index >= 15 is 0 Å². The molecule has 6 heteroatoms. The van der Waals surface area contributed by atoms with E-state index in [2.05, 4.69) is 5.10 Å². The van der Waals surface area contributed by atoms with Gasteiger partial charge in [-0.2, -0.15) is 16.9 Å². The van der Waals surface area contributed by atoms with E-state index < -0.39 is 0 Å². The summed E-state index contributed by atoms with van der Waals surface area (Å²) in [6.07, 6.45) is 3.76. The molecule has 1 aliphatic heterocycles. The minimum atomic E-state index is -0.279. The molecule has 0 bridgehead atoms. The summed E-state index contributed by atoms with van der Waals surface area (Å²) in [5.74, 6) is 0.508. The quantitative estimate of drug-likeness (QED) is 0.774. The first-order valence-corrected chi connectivity index (χ1v) is 7.64. The number of rotatable bonds is 5. The van der Waals surface area contributed by atoms with Crippen molar-refractivity contribution in [3.63, 3.8) is 0 Å². The lowest BCUT2D eigenvalue weighted by molar-refractivity contribution is 0.0525. The first kappa shape index (κ1) is 14.4. The third kappa shape index (κ3) is 3.73. The SMILES string of the molecule is CCOC(=O)c1cnn(C)c1CSC1CCOCC1. The highest BCUT2D eigenvalue weighted by molar-refractivity contribution is 7.99. The molecule has 0 amide bonds. The van der Waals surface area contributed by atoms with Gasteiger partial charge in [0.1, 0.15) is 5.56 Å². The molecule has 0 aliphatic carbocycles. The number of esters is 1. The second kappa shape index (κ2) is 6.96. The molecule has 0 saturated carbocycles. The van der Waals surface area contributed by atoms with E-state index in [0.717, 1.165) is 37.5 Å². The summed E-state index contributed by atoms with van der Waals surface area (Å²) in [5.41, 5.74) is 1.53. The molecule has 0 spiro atoms. The van der Waals surface area contributed by atoms with Gasteiger partial charge in [-0.25, -0.2) is 4.79 Å². The Labute approximate surface area is 117 Å². The Balaban J connectivity index is 1.98. The molecule has 1 aromatic rings. The fraction of sp³-hybridized carbons (Fsp3) is 0.692. The van der Waals surface area contributed by atoms with Gasteiger partial charge in [0, 0.05) is 31.3 Å². The van der Waals surface area contributed by atoms with Crippen molar-refractivity contribution < 1.29 is 14.3 Å². The minimum absolute atomic E-state index is 0.279. The topological polar surface area (TPSA) is 53.3 Å². The number of nitrogens with zero attached hydrogens (tertiary/aromatic N) is 2. The van der Waals surface area contributed by atoms with Crippen LogP contribution in [0.2, 0.25) is 0 Å².